The van der Waals surface area contributed by atoms with Gasteiger partial charge in [-0.05, 0) is 23.8 Å². The van der Waals surface area contributed by atoms with Crippen molar-refractivity contribution in [1.82, 2.24) is 15.2 Å². The second kappa shape index (κ2) is 9.01. The Morgan fingerprint density at radius 2 is 2.04 bits per heavy atom. The lowest BCUT2D eigenvalue weighted by molar-refractivity contribution is 0.122. The Morgan fingerprint density at radius 1 is 1.30 bits per heavy atom. The van der Waals surface area contributed by atoms with Crippen molar-refractivity contribution in [3.8, 4) is 6.07 Å². The molecule has 1 aliphatic heterocycles. The third-order valence-electron chi connectivity index (χ3n) is 4.46. The van der Waals surface area contributed by atoms with E-state index in [1.54, 1.807) is 30.3 Å². The molecule has 0 atom stereocenters. The van der Waals surface area contributed by atoms with E-state index in [1.165, 1.54) is 0 Å². The van der Waals surface area contributed by atoms with Gasteiger partial charge in [-0.15, -0.1) is 0 Å². The minimum absolute atomic E-state index is 0.156. The standard InChI is InChI=1S/C20H23N5O2/c1-24(15-17-6-4-16(13-21)5-7-17)20(26)23-14-18-3-2-8-22-19(18)25-9-11-27-12-10-25/h2-8H,9-12,14-15H2,1H3,(H,23,26). The molecule has 140 valence electrons. The summed E-state index contributed by atoms with van der Waals surface area (Å²) in [6, 6.07) is 13.0. The molecule has 1 aromatic carbocycles. The van der Waals surface area contributed by atoms with Crippen LogP contribution in [0.15, 0.2) is 42.6 Å². The first-order valence-electron chi connectivity index (χ1n) is 8.92. The van der Waals surface area contributed by atoms with Crippen molar-refractivity contribution >= 4 is 11.8 Å². The van der Waals surface area contributed by atoms with E-state index in [1.807, 2.05) is 24.3 Å². The average Bonchev–Trinajstić information content (AvgIpc) is 2.73. The van der Waals surface area contributed by atoms with Gasteiger partial charge in [0.25, 0.3) is 0 Å². The summed E-state index contributed by atoms with van der Waals surface area (Å²) in [6.07, 6.45) is 1.77. The highest BCUT2D eigenvalue weighted by molar-refractivity contribution is 5.74. The highest BCUT2D eigenvalue weighted by Gasteiger charge is 2.17. The number of hydrogen-bond acceptors (Lipinski definition) is 5. The first-order valence-corrected chi connectivity index (χ1v) is 8.92. The Balaban J connectivity index is 1.57. The van der Waals surface area contributed by atoms with Gasteiger partial charge in [-0.2, -0.15) is 5.26 Å². The molecule has 0 spiro atoms. The largest absolute Gasteiger partial charge is 0.378 e. The fourth-order valence-electron chi connectivity index (χ4n) is 2.96. The van der Waals surface area contributed by atoms with E-state index in [0.29, 0.717) is 31.9 Å². The van der Waals surface area contributed by atoms with Gasteiger partial charge in [0.1, 0.15) is 5.82 Å². The van der Waals surface area contributed by atoms with Gasteiger partial charge < -0.3 is 19.9 Å². The molecule has 7 heteroatoms. The van der Waals surface area contributed by atoms with Gasteiger partial charge in [0.05, 0.1) is 24.8 Å². The summed E-state index contributed by atoms with van der Waals surface area (Å²) in [5, 5.41) is 11.8. The molecule has 0 radical (unpaired) electrons. The van der Waals surface area contributed by atoms with Gasteiger partial charge in [-0.3, -0.25) is 0 Å². The number of hydrogen-bond donors (Lipinski definition) is 1. The Morgan fingerprint density at radius 3 is 2.74 bits per heavy atom. The number of aromatic nitrogens is 1. The van der Waals surface area contributed by atoms with Gasteiger partial charge in [-0.25, -0.2) is 9.78 Å². The fraction of sp³-hybridized carbons (Fsp3) is 0.350. The van der Waals surface area contributed by atoms with Crippen LogP contribution in [0.3, 0.4) is 0 Å². The highest BCUT2D eigenvalue weighted by Crippen LogP contribution is 2.18. The van der Waals surface area contributed by atoms with E-state index in [4.69, 9.17) is 10.00 Å². The number of nitrogens with zero attached hydrogens (tertiary/aromatic N) is 4. The molecule has 1 N–H and O–H groups in total. The van der Waals surface area contributed by atoms with Crippen LogP contribution < -0.4 is 10.2 Å². The number of nitriles is 1. The second-order valence-corrected chi connectivity index (χ2v) is 6.41. The first-order chi connectivity index (χ1) is 13.2. The topological polar surface area (TPSA) is 81.5 Å². The maximum Gasteiger partial charge on any atom is 0.317 e. The summed E-state index contributed by atoms with van der Waals surface area (Å²) in [4.78, 5) is 20.7. The number of pyridine rings is 1. The molecule has 0 unspecified atom stereocenters. The van der Waals surface area contributed by atoms with Crippen molar-refractivity contribution in [3.05, 3.63) is 59.3 Å². The number of anilines is 1. The Hall–Kier alpha value is -3.11. The number of benzene rings is 1. The zero-order valence-electron chi connectivity index (χ0n) is 15.4. The highest BCUT2D eigenvalue weighted by atomic mass is 16.5. The molecule has 1 aliphatic rings. The van der Waals surface area contributed by atoms with Crippen molar-refractivity contribution in [2.24, 2.45) is 0 Å². The number of carbonyl (C=O) groups is 1. The number of ether oxygens (including phenoxy) is 1. The monoisotopic (exact) mass is 365 g/mol. The number of morpholine rings is 1. The van der Waals surface area contributed by atoms with Crippen LogP contribution in [-0.2, 0) is 17.8 Å². The van der Waals surface area contributed by atoms with Crippen molar-refractivity contribution in [1.29, 1.82) is 5.26 Å². The molecule has 0 aliphatic carbocycles. The molecule has 7 nitrogen and oxygen atoms in total. The number of amides is 2. The van der Waals surface area contributed by atoms with E-state index >= 15 is 0 Å². The van der Waals surface area contributed by atoms with Gasteiger partial charge in [0.15, 0.2) is 0 Å². The van der Waals surface area contributed by atoms with Crippen LogP contribution in [0.2, 0.25) is 0 Å². The van der Waals surface area contributed by atoms with Crippen LogP contribution in [0, 0.1) is 11.3 Å². The van der Waals surface area contributed by atoms with Gasteiger partial charge >= 0.3 is 6.03 Å². The summed E-state index contributed by atoms with van der Waals surface area (Å²) in [6.45, 7) is 3.87. The summed E-state index contributed by atoms with van der Waals surface area (Å²) >= 11 is 0. The van der Waals surface area contributed by atoms with Crippen LogP contribution in [0.1, 0.15) is 16.7 Å². The van der Waals surface area contributed by atoms with Crippen LogP contribution >= 0.6 is 0 Å². The van der Waals surface area contributed by atoms with Crippen molar-refractivity contribution in [2.45, 2.75) is 13.1 Å². The Labute approximate surface area is 159 Å². The lowest BCUT2D eigenvalue weighted by atomic mass is 10.1. The molecule has 3 rings (SSSR count). The Bertz CT molecular complexity index is 810. The minimum Gasteiger partial charge on any atom is -0.378 e. The number of nitrogens with one attached hydrogen (secondary N) is 1. The number of urea groups is 1. The molecule has 2 amide bonds. The fourth-order valence-corrected chi connectivity index (χ4v) is 2.96. The lowest BCUT2D eigenvalue weighted by Crippen LogP contribution is -2.39. The molecular weight excluding hydrogens is 342 g/mol. The molecular formula is C20H23N5O2. The van der Waals surface area contributed by atoms with Gasteiger partial charge in [0.2, 0.25) is 0 Å². The Kier molecular flexibility index (Phi) is 6.23. The van der Waals surface area contributed by atoms with Crippen LogP contribution in [0.4, 0.5) is 10.6 Å². The molecule has 1 fully saturated rings. The smallest absolute Gasteiger partial charge is 0.317 e. The molecule has 1 aromatic heterocycles. The van der Waals surface area contributed by atoms with Gasteiger partial charge in [0, 0.05) is 45.0 Å². The lowest BCUT2D eigenvalue weighted by Gasteiger charge is -2.29. The molecule has 1 saturated heterocycles. The molecule has 2 heterocycles. The van der Waals surface area contributed by atoms with Gasteiger partial charge in [-0.1, -0.05) is 18.2 Å². The maximum atomic E-state index is 12.4. The zero-order valence-corrected chi connectivity index (χ0v) is 15.4. The first kappa shape index (κ1) is 18.7. The van der Waals surface area contributed by atoms with Crippen molar-refractivity contribution in [2.75, 3.05) is 38.3 Å². The van der Waals surface area contributed by atoms with E-state index in [-0.39, 0.29) is 6.03 Å². The van der Waals surface area contributed by atoms with Crippen LogP contribution in [-0.4, -0.2) is 49.3 Å². The van der Waals surface area contributed by atoms with E-state index in [9.17, 15) is 4.79 Å². The zero-order chi connectivity index (χ0) is 19.1. The number of rotatable bonds is 5. The quantitative estimate of drug-likeness (QED) is 0.878. The molecule has 0 bridgehead atoms. The predicted molar refractivity (Wildman–Crippen MR) is 102 cm³/mol. The predicted octanol–water partition coefficient (Wildman–Crippen LogP) is 2.13. The molecule has 2 aromatic rings. The van der Waals surface area contributed by atoms with Crippen molar-refractivity contribution < 1.29 is 9.53 Å². The summed E-state index contributed by atoms with van der Waals surface area (Å²) < 4.78 is 5.40. The average molecular weight is 365 g/mol. The minimum atomic E-state index is -0.156. The SMILES string of the molecule is CN(Cc1ccc(C#N)cc1)C(=O)NCc1cccnc1N1CCOCC1. The molecule has 0 saturated carbocycles. The van der Waals surface area contributed by atoms with Crippen molar-refractivity contribution in [3.63, 3.8) is 0 Å². The maximum absolute atomic E-state index is 12.4. The van der Waals surface area contributed by atoms with Crippen LogP contribution in [0.5, 0.6) is 0 Å². The van der Waals surface area contributed by atoms with E-state index in [2.05, 4.69) is 21.3 Å². The molecule has 27 heavy (non-hydrogen) atoms. The third kappa shape index (κ3) is 4.96. The second-order valence-electron chi connectivity index (χ2n) is 6.41. The van der Waals surface area contributed by atoms with E-state index in [0.717, 1.165) is 30.0 Å². The third-order valence-corrected chi connectivity index (χ3v) is 4.46. The summed E-state index contributed by atoms with van der Waals surface area (Å²) in [5.74, 6) is 0.899. The van der Waals surface area contributed by atoms with Crippen LogP contribution in [0.25, 0.3) is 0 Å². The summed E-state index contributed by atoms with van der Waals surface area (Å²) in [5.41, 5.74) is 2.57. The summed E-state index contributed by atoms with van der Waals surface area (Å²) in [7, 11) is 1.75. The normalized spacial score (nSPS) is 13.7. The number of carbonyl (C=O) groups excluding carboxylic acids is 1. The van der Waals surface area contributed by atoms with E-state index < -0.39 is 0 Å².